The minimum atomic E-state index is 0.178. The van der Waals surface area contributed by atoms with E-state index in [-0.39, 0.29) is 5.91 Å². The monoisotopic (exact) mass is 281 g/mol. The lowest BCUT2D eigenvalue weighted by atomic mass is 9.86. The normalized spacial score (nSPS) is 21.1. The lowest BCUT2D eigenvalue weighted by Crippen LogP contribution is -2.32. The second kappa shape index (κ2) is 5.51. The molecule has 1 atom stereocenters. The maximum Gasteiger partial charge on any atom is 0.224 e. The number of carbonyl (C=O) groups excluding carboxylic acids is 1. The highest BCUT2D eigenvalue weighted by molar-refractivity contribution is 5.80. The summed E-state index contributed by atoms with van der Waals surface area (Å²) in [6.45, 7) is 6.41. The predicted octanol–water partition coefficient (Wildman–Crippen LogP) is 4.46. The number of allylic oxidation sites excluding steroid dienone is 3. The summed E-state index contributed by atoms with van der Waals surface area (Å²) in [5.41, 5.74) is 7.89. The molecule has 2 heteroatoms. The largest absolute Gasteiger partial charge is 0.329 e. The molecule has 1 unspecified atom stereocenters. The molecule has 1 amide bonds. The van der Waals surface area contributed by atoms with E-state index in [1.54, 1.807) is 0 Å². The zero-order valence-electron chi connectivity index (χ0n) is 13.1. The van der Waals surface area contributed by atoms with Crippen molar-refractivity contribution in [3.8, 4) is 0 Å². The van der Waals surface area contributed by atoms with Crippen molar-refractivity contribution in [1.29, 1.82) is 0 Å². The van der Waals surface area contributed by atoms with E-state index in [9.17, 15) is 4.79 Å². The topological polar surface area (TPSA) is 29.1 Å². The lowest BCUT2D eigenvalue weighted by molar-refractivity contribution is -0.121. The zero-order valence-corrected chi connectivity index (χ0v) is 13.1. The number of rotatable bonds is 2. The Labute approximate surface area is 126 Å². The van der Waals surface area contributed by atoms with Crippen molar-refractivity contribution >= 4 is 12.0 Å². The predicted molar refractivity (Wildman–Crippen MR) is 86.9 cm³/mol. The average Bonchev–Trinajstić information content (AvgIpc) is 3.25. The number of amides is 1. The van der Waals surface area contributed by atoms with E-state index in [0.29, 0.717) is 12.3 Å². The third-order valence-corrected chi connectivity index (χ3v) is 4.31. The Bertz CT molecular complexity index is 642. The fourth-order valence-corrected chi connectivity index (χ4v) is 3.06. The van der Waals surface area contributed by atoms with Crippen LogP contribution in [-0.4, -0.2) is 5.91 Å². The molecule has 1 aromatic carbocycles. The molecule has 0 radical (unpaired) electrons. The van der Waals surface area contributed by atoms with Gasteiger partial charge in [-0.15, -0.1) is 0 Å². The van der Waals surface area contributed by atoms with Crippen molar-refractivity contribution in [2.24, 2.45) is 0 Å². The van der Waals surface area contributed by atoms with Crippen LogP contribution in [0.15, 0.2) is 35.0 Å². The number of hydrogen-bond donors (Lipinski definition) is 1. The SMILES string of the molecule is CC(C)=Cc1cc(C2CCC(=O)NC2=C2CC2)ccc1C. The summed E-state index contributed by atoms with van der Waals surface area (Å²) < 4.78 is 0. The van der Waals surface area contributed by atoms with Crippen molar-refractivity contribution in [2.45, 2.75) is 52.4 Å². The van der Waals surface area contributed by atoms with Crippen molar-refractivity contribution < 1.29 is 4.79 Å². The molecule has 1 saturated heterocycles. The first kappa shape index (κ1) is 14.1. The first-order chi connectivity index (χ1) is 10.0. The maximum atomic E-state index is 11.7. The molecular weight excluding hydrogens is 258 g/mol. The second-order valence-corrected chi connectivity index (χ2v) is 6.49. The third-order valence-electron chi connectivity index (χ3n) is 4.31. The first-order valence-electron chi connectivity index (χ1n) is 7.82. The molecule has 0 spiro atoms. The van der Waals surface area contributed by atoms with Gasteiger partial charge in [0.05, 0.1) is 0 Å². The van der Waals surface area contributed by atoms with E-state index in [1.165, 1.54) is 33.5 Å². The summed E-state index contributed by atoms with van der Waals surface area (Å²) in [6, 6.07) is 6.73. The van der Waals surface area contributed by atoms with Crippen molar-refractivity contribution in [3.05, 3.63) is 51.7 Å². The molecule has 1 N–H and O–H groups in total. The van der Waals surface area contributed by atoms with Gasteiger partial charge in [0.15, 0.2) is 0 Å². The van der Waals surface area contributed by atoms with Crippen LogP contribution in [0.1, 0.15) is 62.1 Å². The van der Waals surface area contributed by atoms with Gasteiger partial charge in [-0.1, -0.05) is 29.8 Å². The van der Waals surface area contributed by atoms with Crippen LogP contribution in [-0.2, 0) is 4.79 Å². The Balaban J connectivity index is 1.98. The highest BCUT2D eigenvalue weighted by Gasteiger charge is 2.30. The Hall–Kier alpha value is -1.83. The molecular formula is C19H23NO. The summed E-state index contributed by atoms with van der Waals surface area (Å²) in [5, 5.41) is 3.13. The van der Waals surface area contributed by atoms with E-state index < -0.39 is 0 Å². The molecule has 2 nitrogen and oxygen atoms in total. The summed E-state index contributed by atoms with van der Waals surface area (Å²) in [7, 11) is 0. The highest BCUT2D eigenvalue weighted by atomic mass is 16.1. The van der Waals surface area contributed by atoms with Gasteiger partial charge in [-0.3, -0.25) is 4.79 Å². The van der Waals surface area contributed by atoms with Crippen LogP contribution in [0, 0.1) is 6.92 Å². The fraction of sp³-hybridized carbons (Fsp3) is 0.421. The summed E-state index contributed by atoms with van der Waals surface area (Å²) in [6.07, 6.45) is 6.11. The Morgan fingerprint density at radius 3 is 2.67 bits per heavy atom. The molecule has 0 aromatic heterocycles. The third kappa shape index (κ3) is 3.10. The number of benzene rings is 1. The number of nitrogens with one attached hydrogen (secondary N) is 1. The zero-order chi connectivity index (χ0) is 15.0. The van der Waals surface area contributed by atoms with Crippen LogP contribution in [0.2, 0.25) is 0 Å². The Morgan fingerprint density at radius 2 is 2.00 bits per heavy atom. The molecule has 21 heavy (non-hydrogen) atoms. The van der Waals surface area contributed by atoms with Gasteiger partial charge in [0.25, 0.3) is 0 Å². The minimum absolute atomic E-state index is 0.178. The number of carbonyl (C=O) groups is 1. The molecule has 0 bridgehead atoms. The van der Waals surface area contributed by atoms with Gasteiger partial charge in [0.2, 0.25) is 5.91 Å². The van der Waals surface area contributed by atoms with Crippen LogP contribution >= 0.6 is 0 Å². The summed E-state index contributed by atoms with van der Waals surface area (Å²) >= 11 is 0. The minimum Gasteiger partial charge on any atom is -0.329 e. The number of piperidine rings is 1. The van der Waals surface area contributed by atoms with Crippen molar-refractivity contribution in [2.75, 3.05) is 0 Å². The van der Waals surface area contributed by atoms with Gasteiger partial charge in [0.1, 0.15) is 0 Å². The fourth-order valence-electron chi connectivity index (χ4n) is 3.06. The van der Waals surface area contributed by atoms with Gasteiger partial charge in [-0.25, -0.2) is 0 Å². The first-order valence-corrected chi connectivity index (χ1v) is 7.82. The second-order valence-electron chi connectivity index (χ2n) is 6.49. The number of aryl methyl sites for hydroxylation is 1. The molecule has 1 aromatic rings. The Morgan fingerprint density at radius 1 is 1.24 bits per heavy atom. The number of hydrogen-bond acceptors (Lipinski definition) is 1. The van der Waals surface area contributed by atoms with E-state index in [0.717, 1.165) is 19.3 Å². The van der Waals surface area contributed by atoms with Crippen LogP contribution in [0.3, 0.4) is 0 Å². The van der Waals surface area contributed by atoms with E-state index in [1.807, 2.05) is 0 Å². The van der Waals surface area contributed by atoms with E-state index in [4.69, 9.17) is 0 Å². The molecule has 2 aliphatic rings. The molecule has 1 aliphatic carbocycles. The molecule has 1 saturated carbocycles. The highest BCUT2D eigenvalue weighted by Crippen LogP contribution is 2.41. The van der Waals surface area contributed by atoms with Gasteiger partial charge in [0, 0.05) is 18.0 Å². The lowest BCUT2D eigenvalue weighted by Gasteiger charge is -2.27. The molecule has 3 rings (SSSR count). The summed E-state index contributed by atoms with van der Waals surface area (Å²) in [4.78, 5) is 11.7. The van der Waals surface area contributed by atoms with Crippen LogP contribution in [0.25, 0.3) is 6.08 Å². The van der Waals surface area contributed by atoms with Gasteiger partial charge >= 0.3 is 0 Å². The molecule has 1 heterocycles. The van der Waals surface area contributed by atoms with Crippen LogP contribution < -0.4 is 5.32 Å². The quantitative estimate of drug-likeness (QED) is 0.852. The van der Waals surface area contributed by atoms with Gasteiger partial charge < -0.3 is 5.32 Å². The van der Waals surface area contributed by atoms with Crippen molar-refractivity contribution in [1.82, 2.24) is 5.32 Å². The standard InChI is InChI=1S/C19H23NO/c1-12(2)10-16-11-15(5-4-13(16)3)17-8-9-18(21)20-19(17)14-6-7-14/h4-5,10-11,17H,6-9H2,1-3H3,(H,20,21). The smallest absolute Gasteiger partial charge is 0.224 e. The van der Waals surface area contributed by atoms with Crippen LogP contribution in [0.5, 0.6) is 0 Å². The summed E-state index contributed by atoms with van der Waals surface area (Å²) in [5.74, 6) is 0.544. The van der Waals surface area contributed by atoms with Gasteiger partial charge in [-0.05, 0) is 62.3 Å². The molecule has 1 aliphatic heterocycles. The average molecular weight is 281 g/mol. The molecule has 2 fully saturated rings. The maximum absolute atomic E-state index is 11.7. The van der Waals surface area contributed by atoms with Gasteiger partial charge in [-0.2, -0.15) is 0 Å². The van der Waals surface area contributed by atoms with E-state index >= 15 is 0 Å². The Kier molecular flexibility index (Phi) is 3.71. The van der Waals surface area contributed by atoms with E-state index in [2.05, 4.69) is 50.4 Å². The van der Waals surface area contributed by atoms with Crippen molar-refractivity contribution in [3.63, 3.8) is 0 Å². The van der Waals surface area contributed by atoms with Crippen LogP contribution in [0.4, 0.5) is 0 Å². The molecule has 110 valence electrons.